The smallest absolute Gasteiger partial charge is 0.228 e. The Morgan fingerprint density at radius 1 is 1.35 bits per heavy atom. The number of methoxy groups -OCH3 is 1. The normalized spacial score (nSPS) is 33.5. The molecule has 3 fully saturated rings. The fourth-order valence-electron chi connectivity index (χ4n) is 3.96. The molecule has 5 heteroatoms. The van der Waals surface area contributed by atoms with Gasteiger partial charge < -0.3 is 15.0 Å². The molecule has 3 rings (SSSR count). The van der Waals surface area contributed by atoms with Crippen LogP contribution in [-0.2, 0) is 9.53 Å². The summed E-state index contributed by atoms with van der Waals surface area (Å²) < 4.78 is 5.27. The lowest BCUT2D eigenvalue weighted by atomic mass is 9.68. The topological polar surface area (TPSA) is 44.8 Å². The van der Waals surface area contributed by atoms with Gasteiger partial charge in [0.15, 0.2) is 0 Å². The van der Waals surface area contributed by atoms with Gasteiger partial charge in [0.25, 0.3) is 0 Å². The molecule has 114 valence electrons. The monoisotopic (exact) mass is 281 g/mol. The van der Waals surface area contributed by atoms with Crippen molar-refractivity contribution in [1.82, 2.24) is 15.1 Å². The number of carbonyl (C=O) groups excluding carboxylic acids is 1. The SMILES string of the molecule is COCC1(C(=O)N[C@H]2C[C@H]3CN(C)CCN3C2)CCC1. The molecule has 0 bridgehead atoms. The lowest BCUT2D eigenvalue weighted by Crippen LogP contribution is -2.52. The maximum absolute atomic E-state index is 12.5. The number of rotatable bonds is 4. The van der Waals surface area contributed by atoms with Crippen molar-refractivity contribution < 1.29 is 9.53 Å². The van der Waals surface area contributed by atoms with E-state index in [2.05, 4.69) is 22.2 Å². The first-order chi connectivity index (χ1) is 9.63. The number of hydrogen-bond donors (Lipinski definition) is 1. The zero-order valence-corrected chi connectivity index (χ0v) is 12.7. The first kappa shape index (κ1) is 14.3. The van der Waals surface area contributed by atoms with Crippen molar-refractivity contribution >= 4 is 5.91 Å². The number of ether oxygens (including phenoxy) is 1. The van der Waals surface area contributed by atoms with E-state index in [4.69, 9.17) is 4.74 Å². The van der Waals surface area contributed by atoms with Crippen molar-refractivity contribution in [3.05, 3.63) is 0 Å². The lowest BCUT2D eigenvalue weighted by Gasteiger charge is -2.40. The van der Waals surface area contributed by atoms with E-state index in [-0.39, 0.29) is 11.3 Å². The second kappa shape index (κ2) is 5.62. The van der Waals surface area contributed by atoms with Crippen LogP contribution in [-0.4, -0.2) is 74.7 Å². The molecule has 0 unspecified atom stereocenters. The Morgan fingerprint density at radius 2 is 2.15 bits per heavy atom. The third-order valence-corrected chi connectivity index (χ3v) is 5.37. The second-order valence-corrected chi connectivity index (χ2v) is 6.88. The van der Waals surface area contributed by atoms with Crippen molar-refractivity contribution in [2.45, 2.75) is 37.8 Å². The van der Waals surface area contributed by atoms with E-state index in [0.29, 0.717) is 18.7 Å². The van der Waals surface area contributed by atoms with Crippen LogP contribution in [0.25, 0.3) is 0 Å². The number of hydrogen-bond acceptors (Lipinski definition) is 4. The molecular weight excluding hydrogens is 254 g/mol. The van der Waals surface area contributed by atoms with Crippen LogP contribution in [0.2, 0.25) is 0 Å². The Morgan fingerprint density at radius 3 is 2.80 bits per heavy atom. The van der Waals surface area contributed by atoms with Gasteiger partial charge in [0.2, 0.25) is 5.91 Å². The summed E-state index contributed by atoms with van der Waals surface area (Å²) in [4.78, 5) is 17.5. The molecule has 1 amide bonds. The second-order valence-electron chi connectivity index (χ2n) is 6.88. The molecule has 2 atom stereocenters. The van der Waals surface area contributed by atoms with E-state index in [1.54, 1.807) is 7.11 Å². The van der Waals surface area contributed by atoms with Gasteiger partial charge in [-0.2, -0.15) is 0 Å². The maximum atomic E-state index is 12.5. The largest absolute Gasteiger partial charge is 0.384 e. The van der Waals surface area contributed by atoms with Gasteiger partial charge in [-0.25, -0.2) is 0 Å². The number of likely N-dealkylation sites (N-methyl/N-ethyl adjacent to an activating group) is 1. The average molecular weight is 281 g/mol. The molecule has 1 N–H and O–H groups in total. The van der Waals surface area contributed by atoms with Crippen LogP contribution in [0.4, 0.5) is 0 Å². The Labute approximate surface area is 121 Å². The summed E-state index contributed by atoms with van der Waals surface area (Å²) in [5.74, 6) is 0.226. The number of fused-ring (bicyclic) bond motifs is 1. The van der Waals surface area contributed by atoms with Gasteiger partial charge in [-0.15, -0.1) is 0 Å². The van der Waals surface area contributed by atoms with E-state index in [9.17, 15) is 4.79 Å². The molecular formula is C15H27N3O2. The number of nitrogens with one attached hydrogen (secondary N) is 1. The summed E-state index contributed by atoms with van der Waals surface area (Å²) in [5, 5.41) is 3.30. The third-order valence-electron chi connectivity index (χ3n) is 5.37. The molecule has 2 aliphatic heterocycles. The van der Waals surface area contributed by atoms with Gasteiger partial charge in [-0.3, -0.25) is 9.69 Å². The Balaban J connectivity index is 1.55. The standard InChI is InChI=1S/C15H27N3O2/c1-17-6-7-18-9-12(8-13(18)10-17)16-14(19)15(11-20-2)4-3-5-15/h12-13H,3-11H2,1-2H3,(H,16,19)/t12-,13-/m0/s1. The molecule has 0 spiro atoms. The molecule has 5 nitrogen and oxygen atoms in total. The van der Waals surface area contributed by atoms with Crippen molar-refractivity contribution in [3.63, 3.8) is 0 Å². The van der Waals surface area contributed by atoms with Gasteiger partial charge >= 0.3 is 0 Å². The average Bonchev–Trinajstić information content (AvgIpc) is 2.74. The predicted molar refractivity (Wildman–Crippen MR) is 77.6 cm³/mol. The highest BCUT2D eigenvalue weighted by Gasteiger charge is 2.46. The van der Waals surface area contributed by atoms with Gasteiger partial charge in [-0.1, -0.05) is 6.42 Å². The summed E-state index contributed by atoms with van der Waals surface area (Å²) in [7, 11) is 3.88. The molecule has 1 aliphatic carbocycles. The molecule has 3 aliphatic rings. The van der Waals surface area contributed by atoms with Crippen LogP contribution in [0.15, 0.2) is 0 Å². The van der Waals surface area contributed by atoms with Crippen molar-refractivity contribution in [2.24, 2.45) is 5.41 Å². The minimum Gasteiger partial charge on any atom is -0.384 e. The predicted octanol–water partition coefficient (Wildman–Crippen LogP) is 0.308. The maximum Gasteiger partial charge on any atom is 0.228 e. The molecule has 0 radical (unpaired) electrons. The van der Waals surface area contributed by atoms with E-state index >= 15 is 0 Å². The summed E-state index contributed by atoms with van der Waals surface area (Å²) in [6, 6.07) is 0.951. The van der Waals surface area contributed by atoms with E-state index in [0.717, 1.165) is 51.9 Å². The van der Waals surface area contributed by atoms with Crippen LogP contribution in [0, 0.1) is 5.41 Å². The zero-order chi connectivity index (χ0) is 14.2. The molecule has 2 saturated heterocycles. The first-order valence-electron chi connectivity index (χ1n) is 7.85. The summed E-state index contributed by atoms with van der Waals surface area (Å²) >= 11 is 0. The van der Waals surface area contributed by atoms with Crippen LogP contribution >= 0.6 is 0 Å². The van der Waals surface area contributed by atoms with E-state index in [1.165, 1.54) is 0 Å². The Bertz CT molecular complexity index is 370. The lowest BCUT2D eigenvalue weighted by molar-refractivity contribution is -0.141. The fourth-order valence-corrected chi connectivity index (χ4v) is 3.96. The summed E-state index contributed by atoms with van der Waals surface area (Å²) in [6.07, 6.45) is 4.21. The third kappa shape index (κ3) is 2.59. The Hall–Kier alpha value is -0.650. The van der Waals surface area contributed by atoms with Crippen LogP contribution < -0.4 is 5.32 Å². The fraction of sp³-hybridized carbons (Fsp3) is 0.933. The molecule has 1 saturated carbocycles. The quantitative estimate of drug-likeness (QED) is 0.805. The zero-order valence-electron chi connectivity index (χ0n) is 12.7. The van der Waals surface area contributed by atoms with Gasteiger partial charge in [0.1, 0.15) is 0 Å². The van der Waals surface area contributed by atoms with Crippen LogP contribution in [0.3, 0.4) is 0 Å². The van der Waals surface area contributed by atoms with E-state index in [1.807, 2.05) is 0 Å². The first-order valence-corrected chi connectivity index (χ1v) is 7.85. The summed E-state index contributed by atoms with van der Waals surface area (Å²) in [6.45, 7) is 5.01. The molecule has 0 aromatic rings. The van der Waals surface area contributed by atoms with Crippen molar-refractivity contribution in [1.29, 1.82) is 0 Å². The van der Waals surface area contributed by atoms with Gasteiger partial charge in [0, 0.05) is 45.4 Å². The molecule has 0 aromatic heterocycles. The van der Waals surface area contributed by atoms with Gasteiger partial charge in [-0.05, 0) is 26.3 Å². The molecule has 0 aromatic carbocycles. The Kier molecular flexibility index (Phi) is 4.02. The molecule has 20 heavy (non-hydrogen) atoms. The number of piperazine rings is 1. The highest BCUT2D eigenvalue weighted by atomic mass is 16.5. The number of amides is 1. The highest BCUT2D eigenvalue weighted by molar-refractivity contribution is 5.84. The number of carbonyl (C=O) groups is 1. The van der Waals surface area contributed by atoms with Crippen molar-refractivity contribution in [2.75, 3.05) is 46.9 Å². The highest BCUT2D eigenvalue weighted by Crippen LogP contribution is 2.41. The van der Waals surface area contributed by atoms with E-state index < -0.39 is 0 Å². The molecule has 2 heterocycles. The summed E-state index contributed by atoms with van der Waals surface area (Å²) in [5.41, 5.74) is -0.228. The minimum absolute atomic E-state index is 0.226. The number of nitrogens with zero attached hydrogens (tertiary/aromatic N) is 2. The van der Waals surface area contributed by atoms with Gasteiger partial charge in [0.05, 0.1) is 12.0 Å². The van der Waals surface area contributed by atoms with Crippen LogP contribution in [0.1, 0.15) is 25.7 Å². The van der Waals surface area contributed by atoms with Crippen molar-refractivity contribution in [3.8, 4) is 0 Å². The minimum atomic E-state index is -0.228. The van der Waals surface area contributed by atoms with Crippen LogP contribution in [0.5, 0.6) is 0 Å².